The molecule has 0 spiro atoms. The van der Waals surface area contributed by atoms with E-state index in [2.05, 4.69) is 54.6 Å². The number of aryl methyl sites for hydroxylation is 2. The molecule has 0 atom stereocenters. The minimum atomic E-state index is 0.925. The Morgan fingerprint density at radius 1 is 1.18 bits per heavy atom. The van der Waals surface area contributed by atoms with Crippen LogP contribution in [-0.2, 0) is 6.54 Å². The number of nitrogens with zero attached hydrogens (tertiary/aromatic N) is 2. The van der Waals surface area contributed by atoms with Gasteiger partial charge in [0.1, 0.15) is 0 Å². The fraction of sp³-hybridized carbons (Fsp3) is 0.357. The Morgan fingerprint density at radius 3 is 2.41 bits per heavy atom. The van der Waals surface area contributed by atoms with Crippen molar-refractivity contribution in [3.63, 3.8) is 0 Å². The molecule has 0 saturated carbocycles. The molecule has 0 unspecified atom stereocenters. The quantitative estimate of drug-likeness (QED) is 0.873. The second-order valence-corrected chi connectivity index (χ2v) is 4.29. The third-order valence-corrected chi connectivity index (χ3v) is 2.77. The second-order valence-electron chi connectivity index (χ2n) is 4.29. The van der Waals surface area contributed by atoms with Crippen LogP contribution in [0.25, 0.3) is 5.69 Å². The zero-order chi connectivity index (χ0) is 12.3. The molecule has 0 fully saturated rings. The molecular formula is C14H19N3. The largest absolute Gasteiger partial charge is 0.313 e. The molecule has 1 aromatic heterocycles. The summed E-state index contributed by atoms with van der Waals surface area (Å²) < 4.78 is 1.98. The molecule has 2 rings (SSSR count). The van der Waals surface area contributed by atoms with Crippen molar-refractivity contribution in [1.82, 2.24) is 15.1 Å². The van der Waals surface area contributed by atoms with E-state index in [1.165, 1.54) is 11.3 Å². The van der Waals surface area contributed by atoms with Gasteiger partial charge in [-0.25, -0.2) is 4.68 Å². The summed E-state index contributed by atoms with van der Waals surface area (Å²) in [7, 11) is 0. The Labute approximate surface area is 102 Å². The molecule has 17 heavy (non-hydrogen) atoms. The summed E-state index contributed by atoms with van der Waals surface area (Å²) >= 11 is 0. The first kappa shape index (κ1) is 11.9. The Kier molecular flexibility index (Phi) is 3.59. The average molecular weight is 229 g/mol. The fourth-order valence-corrected chi connectivity index (χ4v) is 1.91. The van der Waals surface area contributed by atoms with Gasteiger partial charge in [0, 0.05) is 12.2 Å². The summed E-state index contributed by atoms with van der Waals surface area (Å²) in [5.41, 5.74) is 4.65. The summed E-state index contributed by atoms with van der Waals surface area (Å²) in [6, 6.07) is 10.6. The van der Waals surface area contributed by atoms with Gasteiger partial charge in [-0.3, -0.25) is 0 Å². The first-order valence-electron chi connectivity index (χ1n) is 6.04. The van der Waals surface area contributed by atoms with Gasteiger partial charge in [0.05, 0.1) is 11.4 Å². The lowest BCUT2D eigenvalue weighted by Crippen LogP contribution is -2.11. The van der Waals surface area contributed by atoms with Gasteiger partial charge in [0.2, 0.25) is 0 Å². The van der Waals surface area contributed by atoms with Gasteiger partial charge >= 0.3 is 0 Å². The highest BCUT2D eigenvalue weighted by Gasteiger charge is 2.03. The molecule has 0 aliphatic carbocycles. The van der Waals surface area contributed by atoms with E-state index in [0.29, 0.717) is 0 Å². The molecule has 3 heteroatoms. The van der Waals surface area contributed by atoms with E-state index in [9.17, 15) is 0 Å². The maximum absolute atomic E-state index is 4.47. The highest BCUT2D eigenvalue weighted by Crippen LogP contribution is 2.12. The maximum atomic E-state index is 4.47. The Morgan fingerprint density at radius 2 is 1.88 bits per heavy atom. The van der Waals surface area contributed by atoms with Crippen LogP contribution >= 0.6 is 0 Å². The van der Waals surface area contributed by atoms with Crippen LogP contribution in [-0.4, -0.2) is 16.3 Å². The minimum absolute atomic E-state index is 0.925. The van der Waals surface area contributed by atoms with Crippen LogP contribution in [0.15, 0.2) is 30.3 Å². The van der Waals surface area contributed by atoms with Crippen LogP contribution in [0.2, 0.25) is 0 Å². The number of rotatable bonds is 4. The zero-order valence-corrected chi connectivity index (χ0v) is 10.7. The minimum Gasteiger partial charge on any atom is -0.313 e. The fourth-order valence-electron chi connectivity index (χ4n) is 1.91. The molecule has 90 valence electrons. The topological polar surface area (TPSA) is 29.9 Å². The molecule has 0 aliphatic heterocycles. The lowest BCUT2D eigenvalue weighted by atomic mass is 10.2. The standard InChI is InChI=1S/C14H19N3/c1-4-15-10-13-5-7-14(8-6-13)17-12(3)9-11(2)16-17/h5-9,15H,4,10H2,1-3H3. The first-order valence-corrected chi connectivity index (χ1v) is 6.04. The number of hydrogen-bond acceptors (Lipinski definition) is 2. The third kappa shape index (κ3) is 2.74. The summed E-state index contributed by atoms with van der Waals surface area (Å²) in [6.45, 7) is 8.13. The summed E-state index contributed by atoms with van der Waals surface area (Å²) in [6.07, 6.45) is 0. The first-order chi connectivity index (χ1) is 8.20. The summed E-state index contributed by atoms with van der Waals surface area (Å²) in [5, 5.41) is 7.79. The van der Waals surface area contributed by atoms with E-state index in [0.717, 1.165) is 24.5 Å². The van der Waals surface area contributed by atoms with Gasteiger partial charge in [0.25, 0.3) is 0 Å². The van der Waals surface area contributed by atoms with Crippen molar-refractivity contribution in [2.45, 2.75) is 27.3 Å². The van der Waals surface area contributed by atoms with Crippen LogP contribution in [0.5, 0.6) is 0 Å². The van der Waals surface area contributed by atoms with Crippen molar-refractivity contribution >= 4 is 0 Å². The van der Waals surface area contributed by atoms with Gasteiger partial charge in [-0.2, -0.15) is 5.10 Å². The highest BCUT2D eigenvalue weighted by atomic mass is 15.3. The Bertz CT molecular complexity index is 483. The molecule has 3 nitrogen and oxygen atoms in total. The second kappa shape index (κ2) is 5.15. The molecule has 0 radical (unpaired) electrons. The van der Waals surface area contributed by atoms with Crippen molar-refractivity contribution < 1.29 is 0 Å². The maximum Gasteiger partial charge on any atom is 0.0648 e. The normalized spacial score (nSPS) is 10.8. The van der Waals surface area contributed by atoms with Gasteiger partial charge in [-0.15, -0.1) is 0 Å². The van der Waals surface area contributed by atoms with E-state index in [1.807, 2.05) is 11.6 Å². The van der Waals surface area contributed by atoms with Crippen molar-refractivity contribution in [3.8, 4) is 5.69 Å². The SMILES string of the molecule is CCNCc1ccc(-n2nc(C)cc2C)cc1. The summed E-state index contributed by atoms with van der Waals surface area (Å²) in [4.78, 5) is 0. The lowest BCUT2D eigenvalue weighted by molar-refractivity contribution is 0.726. The van der Waals surface area contributed by atoms with Crippen molar-refractivity contribution in [2.75, 3.05) is 6.54 Å². The van der Waals surface area contributed by atoms with E-state index >= 15 is 0 Å². The highest BCUT2D eigenvalue weighted by molar-refractivity contribution is 5.35. The Balaban J connectivity index is 2.20. The third-order valence-electron chi connectivity index (χ3n) is 2.77. The van der Waals surface area contributed by atoms with E-state index in [-0.39, 0.29) is 0 Å². The van der Waals surface area contributed by atoms with E-state index < -0.39 is 0 Å². The molecule has 1 N–H and O–H groups in total. The molecule has 0 saturated heterocycles. The van der Waals surface area contributed by atoms with Crippen molar-refractivity contribution in [2.24, 2.45) is 0 Å². The van der Waals surface area contributed by atoms with Crippen molar-refractivity contribution in [3.05, 3.63) is 47.3 Å². The molecule has 0 amide bonds. The van der Waals surface area contributed by atoms with E-state index in [4.69, 9.17) is 0 Å². The monoisotopic (exact) mass is 229 g/mol. The lowest BCUT2D eigenvalue weighted by Gasteiger charge is -2.06. The summed E-state index contributed by atoms with van der Waals surface area (Å²) in [5.74, 6) is 0. The predicted octanol–water partition coefficient (Wildman–Crippen LogP) is 2.60. The van der Waals surface area contributed by atoms with Crippen molar-refractivity contribution in [1.29, 1.82) is 0 Å². The van der Waals surface area contributed by atoms with Gasteiger partial charge in [-0.05, 0) is 44.2 Å². The van der Waals surface area contributed by atoms with Crippen LogP contribution in [0.4, 0.5) is 0 Å². The van der Waals surface area contributed by atoms with Crippen LogP contribution < -0.4 is 5.32 Å². The Hall–Kier alpha value is -1.61. The van der Waals surface area contributed by atoms with Gasteiger partial charge in [0.15, 0.2) is 0 Å². The van der Waals surface area contributed by atoms with Crippen LogP contribution in [0.3, 0.4) is 0 Å². The number of benzene rings is 1. The molecule has 1 aromatic carbocycles. The van der Waals surface area contributed by atoms with E-state index in [1.54, 1.807) is 0 Å². The molecule has 1 heterocycles. The van der Waals surface area contributed by atoms with Crippen LogP contribution in [0, 0.1) is 13.8 Å². The number of aromatic nitrogens is 2. The molecule has 2 aromatic rings. The van der Waals surface area contributed by atoms with Crippen LogP contribution in [0.1, 0.15) is 23.9 Å². The van der Waals surface area contributed by atoms with Gasteiger partial charge < -0.3 is 5.32 Å². The average Bonchev–Trinajstić information content (AvgIpc) is 2.66. The molecule has 0 bridgehead atoms. The smallest absolute Gasteiger partial charge is 0.0648 e. The number of hydrogen-bond donors (Lipinski definition) is 1. The van der Waals surface area contributed by atoms with Gasteiger partial charge in [-0.1, -0.05) is 19.1 Å². The molecule has 0 aliphatic rings. The zero-order valence-electron chi connectivity index (χ0n) is 10.7. The molecular weight excluding hydrogens is 210 g/mol. The number of nitrogens with one attached hydrogen (secondary N) is 1. The predicted molar refractivity (Wildman–Crippen MR) is 70.4 cm³/mol.